The van der Waals surface area contributed by atoms with Crippen molar-refractivity contribution in [1.29, 1.82) is 0 Å². The molecule has 120 valence electrons. The highest BCUT2D eigenvalue weighted by atomic mass is 35.5. The molecule has 2 aromatic carbocycles. The fourth-order valence-electron chi connectivity index (χ4n) is 1.85. The van der Waals surface area contributed by atoms with Gasteiger partial charge in [-0.1, -0.05) is 47.5 Å². The summed E-state index contributed by atoms with van der Waals surface area (Å²) in [4.78, 5) is 11.7. The Morgan fingerprint density at radius 3 is 2.74 bits per heavy atom. The van der Waals surface area contributed by atoms with E-state index in [9.17, 15) is 4.79 Å². The lowest BCUT2D eigenvalue weighted by Crippen LogP contribution is -2.24. The summed E-state index contributed by atoms with van der Waals surface area (Å²) in [5, 5.41) is 4.67. The molecule has 1 N–H and O–H groups in total. The Balaban J connectivity index is 1.89. The summed E-state index contributed by atoms with van der Waals surface area (Å²) < 4.78 is 5.49. The van der Waals surface area contributed by atoms with E-state index in [2.05, 4.69) is 10.5 Å². The number of benzene rings is 2. The standard InChI is InChI=1S/C17H16Cl2N2O2/c1-11-5-3-8-15(12(11)2)23-10-16(22)21-20-9-13-6-4-7-14(18)17(13)19/h3-9H,10H2,1-2H3,(H,21,22)/b20-9-. The molecule has 0 radical (unpaired) electrons. The van der Waals surface area contributed by atoms with E-state index in [4.69, 9.17) is 27.9 Å². The number of amides is 1. The van der Waals surface area contributed by atoms with Gasteiger partial charge in [-0.25, -0.2) is 5.43 Å². The third-order valence-corrected chi connectivity index (χ3v) is 4.12. The predicted molar refractivity (Wildman–Crippen MR) is 93.6 cm³/mol. The summed E-state index contributed by atoms with van der Waals surface area (Å²) in [5.41, 5.74) is 5.12. The quantitative estimate of drug-likeness (QED) is 0.650. The molecule has 0 aliphatic rings. The van der Waals surface area contributed by atoms with Gasteiger partial charge in [-0.3, -0.25) is 4.79 Å². The van der Waals surface area contributed by atoms with Crippen molar-refractivity contribution in [2.75, 3.05) is 6.61 Å². The van der Waals surface area contributed by atoms with Crippen molar-refractivity contribution >= 4 is 35.3 Å². The van der Waals surface area contributed by atoms with Gasteiger partial charge < -0.3 is 4.74 Å². The number of hydrogen-bond acceptors (Lipinski definition) is 3. The third kappa shape index (κ3) is 4.71. The number of hydrogen-bond donors (Lipinski definition) is 1. The van der Waals surface area contributed by atoms with Crippen molar-refractivity contribution < 1.29 is 9.53 Å². The molecule has 0 aromatic heterocycles. The molecule has 0 saturated heterocycles. The topological polar surface area (TPSA) is 50.7 Å². The minimum Gasteiger partial charge on any atom is -0.483 e. The van der Waals surface area contributed by atoms with E-state index in [1.54, 1.807) is 18.2 Å². The molecule has 2 aromatic rings. The van der Waals surface area contributed by atoms with Crippen LogP contribution in [0.3, 0.4) is 0 Å². The Morgan fingerprint density at radius 2 is 1.96 bits per heavy atom. The number of ether oxygens (including phenoxy) is 1. The number of nitrogens with one attached hydrogen (secondary N) is 1. The minimum atomic E-state index is -0.361. The Morgan fingerprint density at radius 1 is 1.22 bits per heavy atom. The van der Waals surface area contributed by atoms with Gasteiger partial charge in [0.1, 0.15) is 5.75 Å². The zero-order valence-corrected chi connectivity index (χ0v) is 14.3. The van der Waals surface area contributed by atoms with E-state index in [0.717, 1.165) is 11.1 Å². The monoisotopic (exact) mass is 350 g/mol. The van der Waals surface area contributed by atoms with Gasteiger partial charge in [0.15, 0.2) is 6.61 Å². The first-order valence-electron chi connectivity index (χ1n) is 6.94. The lowest BCUT2D eigenvalue weighted by atomic mass is 10.1. The maximum Gasteiger partial charge on any atom is 0.277 e. The van der Waals surface area contributed by atoms with E-state index in [1.165, 1.54) is 6.21 Å². The van der Waals surface area contributed by atoms with Gasteiger partial charge in [0.2, 0.25) is 0 Å². The molecular weight excluding hydrogens is 335 g/mol. The summed E-state index contributed by atoms with van der Waals surface area (Å²) in [6.07, 6.45) is 1.43. The summed E-state index contributed by atoms with van der Waals surface area (Å²) in [5.74, 6) is 0.322. The van der Waals surface area contributed by atoms with Gasteiger partial charge in [0, 0.05) is 5.56 Å². The average Bonchev–Trinajstić information content (AvgIpc) is 2.53. The van der Waals surface area contributed by atoms with E-state index in [1.807, 2.05) is 32.0 Å². The van der Waals surface area contributed by atoms with Crippen LogP contribution in [0.2, 0.25) is 10.0 Å². The maximum atomic E-state index is 11.7. The highest BCUT2D eigenvalue weighted by Crippen LogP contribution is 2.24. The molecule has 0 saturated carbocycles. The third-order valence-electron chi connectivity index (χ3n) is 3.29. The van der Waals surface area contributed by atoms with Gasteiger partial charge in [-0.2, -0.15) is 5.10 Å². The van der Waals surface area contributed by atoms with Crippen LogP contribution >= 0.6 is 23.2 Å². The van der Waals surface area contributed by atoms with E-state index in [-0.39, 0.29) is 12.5 Å². The molecule has 1 amide bonds. The Labute approximate surface area is 145 Å². The summed E-state index contributed by atoms with van der Waals surface area (Å²) in [6.45, 7) is 3.81. The molecule has 0 spiro atoms. The second-order valence-electron chi connectivity index (χ2n) is 4.92. The number of carbonyl (C=O) groups is 1. The van der Waals surface area contributed by atoms with Gasteiger partial charge in [-0.05, 0) is 37.1 Å². The van der Waals surface area contributed by atoms with E-state index in [0.29, 0.717) is 21.4 Å². The van der Waals surface area contributed by atoms with Crippen LogP contribution in [-0.2, 0) is 4.79 Å². The lowest BCUT2D eigenvalue weighted by molar-refractivity contribution is -0.123. The molecule has 0 heterocycles. The molecule has 0 aliphatic heterocycles. The van der Waals surface area contributed by atoms with Crippen LogP contribution in [0.15, 0.2) is 41.5 Å². The SMILES string of the molecule is Cc1cccc(OCC(=O)N/N=C\c2cccc(Cl)c2Cl)c1C. The number of halogens is 2. The van der Waals surface area contributed by atoms with Crippen molar-refractivity contribution in [2.45, 2.75) is 13.8 Å². The second-order valence-corrected chi connectivity index (χ2v) is 5.71. The molecular formula is C17H16Cl2N2O2. The Hall–Kier alpha value is -2.04. The molecule has 0 unspecified atom stereocenters. The van der Waals surface area contributed by atoms with Gasteiger partial charge in [0.25, 0.3) is 5.91 Å². The summed E-state index contributed by atoms with van der Waals surface area (Å²) >= 11 is 11.9. The summed E-state index contributed by atoms with van der Waals surface area (Å²) in [6, 6.07) is 10.9. The maximum absolute atomic E-state index is 11.7. The highest BCUT2D eigenvalue weighted by Gasteiger charge is 2.06. The number of nitrogens with zero attached hydrogens (tertiary/aromatic N) is 1. The Bertz CT molecular complexity index is 745. The van der Waals surface area contributed by atoms with Crippen molar-refractivity contribution in [2.24, 2.45) is 5.10 Å². The fourth-order valence-corrected chi connectivity index (χ4v) is 2.21. The second kappa shape index (κ2) is 7.99. The molecule has 6 heteroatoms. The van der Waals surface area contributed by atoms with Crippen molar-refractivity contribution in [3.8, 4) is 5.75 Å². The van der Waals surface area contributed by atoms with Crippen LogP contribution in [0.5, 0.6) is 5.75 Å². The molecule has 0 fully saturated rings. The highest BCUT2D eigenvalue weighted by molar-refractivity contribution is 6.43. The first-order valence-corrected chi connectivity index (χ1v) is 7.69. The molecule has 0 atom stereocenters. The van der Waals surface area contributed by atoms with Gasteiger partial charge >= 0.3 is 0 Å². The molecule has 0 bridgehead atoms. The van der Waals surface area contributed by atoms with E-state index < -0.39 is 0 Å². The van der Waals surface area contributed by atoms with Crippen LogP contribution < -0.4 is 10.2 Å². The zero-order valence-electron chi connectivity index (χ0n) is 12.8. The lowest BCUT2D eigenvalue weighted by Gasteiger charge is -2.09. The summed E-state index contributed by atoms with van der Waals surface area (Å²) in [7, 11) is 0. The van der Waals surface area contributed by atoms with E-state index >= 15 is 0 Å². The van der Waals surface area contributed by atoms with Crippen LogP contribution in [0.4, 0.5) is 0 Å². The molecule has 23 heavy (non-hydrogen) atoms. The molecule has 2 rings (SSSR count). The smallest absolute Gasteiger partial charge is 0.277 e. The molecule has 0 aliphatic carbocycles. The van der Waals surface area contributed by atoms with Crippen LogP contribution in [0.1, 0.15) is 16.7 Å². The van der Waals surface area contributed by atoms with Crippen molar-refractivity contribution in [3.63, 3.8) is 0 Å². The molecule has 4 nitrogen and oxygen atoms in total. The minimum absolute atomic E-state index is 0.120. The number of hydrazone groups is 1. The average molecular weight is 351 g/mol. The number of rotatable bonds is 5. The number of aryl methyl sites for hydroxylation is 1. The fraction of sp³-hybridized carbons (Fsp3) is 0.176. The van der Waals surface area contributed by atoms with Crippen LogP contribution in [0.25, 0.3) is 0 Å². The zero-order chi connectivity index (χ0) is 16.8. The normalized spacial score (nSPS) is 10.8. The van der Waals surface area contributed by atoms with Gasteiger partial charge in [0.05, 0.1) is 16.3 Å². The first kappa shape index (κ1) is 17.3. The predicted octanol–water partition coefficient (Wildman–Crippen LogP) is 4.14. The Kier molecular flexibility index (Phi) is 6.02. The van der Waals surface area contributed by atoms with Crippen molar-refractivity contribution in [3.05, 3.63) is 63.1 Å². The van der Waals surface area contributed by atoms with Crippen LogP contribution in [-0.4, -0.2) is 18.7 Å². The van der Waals surface area contributed by atoms with Crippen LogP contribution in [0, 0.1) is 13.8 Å². The number of carbonyl (C=O) groups excluding carboxylic acids is 1. The first-order chi connectivity index (χ1) is 11.0. The largest absolute Gasteiger partial charge is 0.483 e. The van der Waals surface area contributed by atoms with Gasteiger partial charge in [-0.15, -0.1) is 0 Å². The van der Waals surface area contributed by atoms with Crippen molar-refractivity contribution in [1.82, 2.24) is 5.43 Å².